The van der Waals surface area contributed by atoms with Crippen molar-refractivity contribution in [3.05, 3.63) is 28.8 Å². The minimum absolute atomic E-state index is 0.0505. The molecule has 0 saturated carbocycles. The number of rotatable bonds is 4. The number of sulfonamides is 1. The first kappa shape index (κ1) is 14.3. The minimum Gasteiger partial charge on any atom is -0.377 e. The molecule has 1 N–H and O–H groups in total. The monoisotopic (exact) mass is 300 g/mol. The van der Waals surface area contributed by atoms with Crippen molar-refractivity contribution < 1.29 is 13.2 Å². The Morgan fingerprint density at radius 2 is 2.32 bits per heavy atom. The summed E-state index contributed by atoms with van der Waals surface area (Å²) in [5.74, 6) is 0. The molecule has 0 radical (unpaired) electrons. The van der Waals surface area contributed by atoms with E-state index >= 15 is 0 Å². The van der Waals surface area contributed by atoms with E-state index in [9.17, 15) is 8.42 Å². The van der Waals surface area contributed by atoms with Crippen LogP contribution in [0.25, 0.3) is 0 Å². The van der Waals surface area contributed by atoms with Gasteiger partial charge in [0.2, 0.25) is 10.0 Å². The number of hydrogen-bond donors (Lipinski definition) is 1. The van der Waals surface area contributed by atoms with Crippen molar-refractivity contribution in [3.8, 4) is 6.07 Å². The van der Waals surface area contributed by atoms with Gasteiger partial charge in [-0.3, -0.25) is 0 Å². The van der Waals surface area contributed by atoms with Crippen LogP contribution < -0.4 is 4.72 Å². The Bertz CT molecular complexity index is 604. The molecule has 102 valence electrons. The van der Waals surface area contributed by atoms with Gasteiger partial charge in [-0.05, 0) is 31.0 Å². The number of halogens is 1. The van der Waals surface area contributed by atoms with Gasteiger partial charge in [-0.25, -0.2) is 13.1 Å². The Balaban J connectivity index is 2.10. The zero-order valence-corrected chi connectivity index (χ0v) is 11.7. The van der Waals surface area contributed by atoms with Crippen LogP contribution in [0.15, 0.2) is 23.1 Å². The SMILES string of the molecule is N#Cc1ccc(S(=O)(=O)NC[C@@H]2CCCO2)cc1Cl. The van der Waals surface area contributed by atoms with Gasteiger partial charge in [0.1, 0.15) is 6.07 Å². The van der Waals surface area contributed by atoms with Gasteiger partial charge in [0.15, 0.2) is 0 Å². The normalized spacial score (nSPS) is 19.3. The summed E-state index contributed by atoms with van der Waals surface area (Å²) in [5.41, 5.74) is 0.250. The van der Waals surface area contributed by atoms with Crippen LogP contribution in [-0.2, 0) is 14.8 Å². The molecule has 0 aromatic heterocycles. The molecule has 7 heteroatoms. The van der Waals surface area contributed by atoms with Gasteiger partial charge in [-0.15, -0.1) is 0 Å². The molecule has 0 spiro atoms. The average molecular weight is 301 g/mol. The van der Waals surface area contributed by atoms with E-state index in [0.717, 1.165) is 12.8 Å². The lowest BCUT2D eigenvalue weighted by Gasteiger charge is -2.11. The smallest absolute Gasteiger partial charge is 0.240 e. The molecule has 0 amide bonds. The molecule has 1 heterocycles. The highest BCUT2D eigenvalue weighted by molar-refractivity contribution is 7.89. The fourth-order valence-corrected chi connectivity index (χ4v) is 3.22. The van der Waals surface area contributed by atoms with Crippen molar-refractivity contribution in [1.82, 2.24) is 4.72 Å². The lowest BCUT2D eigenvalue weighted by Crippen LogP contribution is -2.31. The van der Waals surface area contributed by atoms with Crippen LogP contribution in [0.5, 0.6) is 0 Å². The molecule has 1 fully saturated rings. The summed E-state index contributed by atoms with van der Waals surface area (Å²) in [5, 5.41) is 8.87. The van der Waals surface area contributed by atoms with Gasteiger partial charge >= 0.3 is 0 Å². The van der Waals surface area contributed by atoms with Crippen molar-refractivity contribution in [1.29, 1.82) is 5.26 Å². The quantitative estimate of drug-likeness (QED) is 0.917. The fraction of sp³-hybridized carbons (Fsp3) is 0.417. The number of ether oxygens (including phenoxy) is 1. The first-order chi connectivity index (χ1) is 9.03. The van der Waals surface area contributed by atoms with E-state index in [0.29, 0.717) is 6.61 Å². The van der Waals surface area contributed by atoms with Crippen molar-refractivity contribution in [3.63, 3.8) is 0 Å². The maximum Gasteiger partial charge on any atom is 0.240 e. The molecule has 5 nitrogen and oxygen atoms in total. The molecule has 1 aromatic rings. The van der Waals surface area contributed by atoms with Gasteiger partial charge in [0.05, 0.1) is 21.6 Å². The largest absolute Gasteiger partial charge is 0.377 e. The van der Waals surface area contributed by atoms with Gasteiger partial charge in [-0.2, -0.15) is 5.26 Å². The maximum absolute atomic E-state index is 12.0. The lowest BCUT2D eigenvalue weighted by atomic mass is 10.2. The third-order valence-electron chi connectivity index (χ3n) is 2.90. The van der Waals surface area contributed by atoms with Gasteiger partial charge in [0.25, 0.3) is 0 Å². The molecule has 1 aliphatic heterocycles. The Kier molecular flexibility index (Phi) is 4.42. The van der Waals surface area contributed by atoms with Crippen molar-refractivity contribution in [2.24, 2.45) is 0 Å². The molecule has 1 aliphatic rings. The Morgan fingerprint density at radius 3 is 2.89 bits per heavy atom. The van der Waals surface area contributed by atoms with Crippen LogP contribution >= 0.6 is 11.6 Å². The second kappa shape index (κ2) is 5.88. The highest BCUT2D eigenvalue weighted by atomic mass is 35.5. The minimum atomic E-state index is -3.62. The number of nitriles is 1. The first-order valence-corrected chi connectivity index (χ1v) is 7.70. The molecule has 1 saturated heterocycles. The molecular formula is C12H13ClN2O3S. The zero-order chi connectivity index (χ0) is 13.9. The van der Waals surface area contributed by atoms with Crippen LogP contribution in [0.4, 0.5) is 0 Å². The van der Waals surface area contributed by atoms with E-state index in [4.69, 9.17) is 21.6 Å². The molecular weight excluding hydrogens is 288 g/mol. The molecule has 1 atom stereocenters. The molecule has 1 aromatic carbocycles. The van der Waals surface area contributed by atoms with E-state index in [-0.39, 0.29) is 28.1 Å². The standard InChI is InChI=1S/C12H13ClN2O3S/c13-12-6-11(4-3-9(12)7-14)19(16,17)15-8-10-2-1-5-18-10/h3-4,6,10,15H,1-2,5,8H2/t10-/m0/s1. The fourth-order valence-electron chi connectivity index (χ4n) is 1.84. The second-order valence-electron chi connectivity index (χ2n) is 4.24. The number of nitrogens with one attached hydrogen (secondary N) is 1. The highest BCUT2D eigenvalue weighted by Crippen LogP contribution is 2.20. The Hall–Kier alpha value is -1.13. The summed E-state index contributed by atoms with van der Waals surface area (Å²) in [6, 6.07) is 5.91. The summed E-state index contributed by atoms with van der Waals surface area (Å²) in [6.45, 7) is 0.926. The zero-order valence-electron chi connectivity index (χ0n) is 10.1. The molecule has 2 rings (SSSR count). The average Bonchev–Trinajstić information content (AvgIpc) is 2.89. The van der Waals surface area contributed by atoms with Crippen LogP contribution in [0.1, 0.15) is 18.4 Å². The summed E-state index contributed by atoms with van der Waals surface area (Å²) in [7, 11) is -3.62. The highest BCUT2D eigenvalue weighted by Gasteiger charge is 2.20. The number of hydrogen-bond acceptors (Lipinski definition) is 4. The predicted molar refractivity (Wildman–Crippen MR) is 70.3 cm³/mol. The van der Waals surface area contributed by atoms with Crippen LogP contribution in [0.2, 0.25) is 5.02 Å². The Morgan fingerprint density at radius 1 is 1.53 bits per heavy atom. The summed E-state index contributed by atoms with van der Waals surface area (Å²) >= 11 is 5.82. The number of nitrogens with zero attached hydrogens (tertiary/aromatic N) is 1. The lowest BCUT2D eigenvalue weighted by molar-refractivity contribution is 0.114. The summed E-state index contributed by atoms with van der Waals surface area (Å²) < 4.78 is 31.9. The van der Waals surface area contributed by atoms with E-state index in [2.05, 4.69) is 4.72 Å². The third-order valence-corrected chi connectivity index (χ3v) is 4.63. The van der Waals surface area contributed by atoms with Crippen molar-refractivity contribution >= 4 is 21.6 Å². The van der Waals surface area contributed by atoms with E-state index < -0.39 is 10.0 Å². The van der Waals surface area contributed by atoms with Gasteiger partial charge < -0.3 is 4.74 Å². The van der Waals surface area contributed by atoms with E-state index in [1.807, 2.05) is 6.07 Å². The molecule has 0 aliphatic carbocycles. The topological polar surface area (TPSA) is 79.2 Å². The van der Waals surface area contributed by atoms with Crippen LogP contribution in [0, 0.1) is 11.3 Å². The van der Waals surface area contributed by atoms with E-state index in [1.54, 1.807) is 0 Å². The predicted octanol–water partition coefficient (Wildman–Crippen LogP) is 1.67. The van der Waals surface area contributed by atoms with Gasteiger partial charge in [0, 0.05) is 13.2 Å². The van der Waals surface area contributed by atoms with Crippen molar-refractivity contribution in [2.45, 2.75) is 23.8 Å². The van der Waals surface area contributed by atoms with Crippen molar-refractivity contribution in [2.75, 3.05) is 13.2 Å². The summed E-state index contributed by atoms with van der Waals surface area (Å²) in [6.07, 6.45) is 1.75. The van der Waals surface area contributed by atoms with Gasteiger partial charge in [-0.1, -0.05) is 11.6 Å². The molecule has 0 bridgehead atoms. The first-order valence-electron chi connectivity index (χ1n) is 5.84. The maximum atomic E-state index is 12.0. The molecule has 0 unspecified atom stereocenters. The number of benzene rings is 1. The second-order valence-corrected chi connectivity index (χ2v) is 6.41. The van der Waals surface area contributed by atoms with Crippen LogP contribution in [0.3, 0.4) is 0 Å². The Labute approximate surface area is 117 Å². The molecule has 19 heavy (non-hydrogen) atoms. The van der Waals surface area contributed by atoms with E-state index in [1.165, 1.54) is 18.2 Å². The third kappa shape index (κ3) is 3.45. The van der Waals surface area contributed by atoms with Crippen LogP contribution in [-0.4, -0.2) is 27.7 Å². The summed E-state index contributed by atoms with van der Waals surface area (Å²) in [4.78, 5) is 0.0505.